The van der Waals surface area contributed by atoms with E-state index in [1.807, 2.05) is 7.05 Å². The van der Waals surface area contributed by atoms with Gasteiger partial charge >= 0.3 is 0 Å². The quantitative estimate of drug-likeness (QED) is 0.745. The summed E-state index contributed by atoms with van der Waals surface area (Å²) in [4.78, 5) is 10.2. The topological polar surface area (TPSA) is 46.3 Å². The van der Waals surface area contributed by atoms with Crippen molar-refractivity contribution in [2.45, 2.75) is 13.3 Å². The Hall–Kier alpha value is -1.36. The molecular weight excluding hydrogens is 214 g/mol. The lowest BCUT2D eigenvalue weighted by molar-refractivity contribution is 0.801. The molecule has 0 amide bonds. The van der Waals surface area contributed by atoms with Crippen LogP contribution in [0, 0.1) is 0 Å². The van der Waals surface area contributed by atoms with Gasteiger partial charge in [0.2, 0.25) is 0 Å². The minimum Gasteiger partial charge on any atom is -0.359 e. The Morgan fingerprint density at radius 1 is 1.53 bits per heavy atom. The second kappa shape index (κ2) is 4.02. The van der Waals surface area contributed by atoms with Crippen LogP contribution in [-0.4, -0.2) is 33.2 Å². The summed E-state index contributed by atoms with van der Waals surface area (Å²) in [5.41, 5.74) is 0. The zero-order chi connectivity index (χ0) is 10.8. The molecule has 0 aliphatic carbocycles. The summed E-state index contributed by atoms with van der Waals surface area (Å²) in [6, 6.07) is 1.79. The minimum atomic E-state index is 0.438. The van der Waals surface area contributed by atoms with Gasteiger partial charge in [0, 0.05) is 19.7 Å². The Kier molecular flexibility index (Phi) is 2.73. The van der Waals surface area contributed by atoms with Gasteiger partial charge in [-0.2, -0.15) is 19.6 Å². The molecule has 15 heavy (non-hydrogen) atoms. The summed E-state index contributed by atoms with van der Waals surface area (Å²) >= 11 is 5.91. The molecule has 0 N–H and O–H groups in total. The second-order valence-corrected chi connectivity index (χ2v) is 3.72. The smallest absolute Gasteiger partial charge is 0.255 e. The number of halogens is 1. The molecule has 0 aliphatic rings. The highest BCUT2D eigenvalue weighted by Crippen LogP contribution is 2.17. The molecule has 0 unspecified atom stereocenters. The lowest BCUT2D eigenvalue weighted by atomic mass is 10.4. The molecule has 0 spiro atoms. The number of fused-ring (bicyclic) bond motifs is 1. The first-order valence-corrected chi connectivity index (χ1v) is 5.17. The fourth-order valence-electron chi connectivity index (χ4n) is 1.49. The maximum atomic E-state index is 5.91. The summed E-state index contributed by atoms with van der Waals surface area (Å²) in [5, 5.41) is 4.54. The van der Waals surface area contributed by atoms with Crippen molar-refractivity contribution >= 4 is 23.2 Å². The molecule has 5 nitrogen and oxygen atoms in total. The monoisotopic (exact) mass is 225 g/mol. The fraction of sp³-hybridized carbons (Fsp3) is 0.444. The molecule has 80 valence electrons. The van der Waals surface area contributed by atoms with Gasteiger partial charge in [0.25, 0.3) is 5.78 Å². The van der Waals surface area contributed by atoms with Gasteiger partial charge in [0.1, 0.15) is 17.3 Å². The first-order chi connectivity index (χ1) is 7.22. The van der Waals surface area contributed by atoms with Crippen molar-refractivity contribution in [2.24, 2.45) is 0 Å². The van der Waals surface area contributed by atoms with Gasteiger partial charge in [-0.05, 0) is 6.42 Å². The lowest BCUT2D eigenvalue weighted by Crippen LogP contribution is -2.21. The highest BCUT2D eigenvalue weighted by molar-refractivity contribution is 6.29. The van der Waals surface area contributed by atoms with E-state index in [1.165, 1.54) is 6.33 Å². The van der Waals surface area contributed by atoms with Crippen molar-refractivity contribution in [3.63, 3.8) is 0 Å². The van der Waals surface area contributed by atoms with Crippen molar-refractivity contribution < 1.29 is 0 Å². The highest BCUT2D eigenvalue weighted by Gasteiger charge is 2.09. The molecule has 0 aromatic carbocycles. The predicted molar refractivity (Wildman–Crippen MR) is 59.4 cm³/mol. The number of nitrogens with zero attached hydrogens (tertiary/aromatic N) is 5. The van der Waals surface area contributed by atoms with E-state index in [4.69, 9.17) is 11.6 Å². The van der Waals surface area contributed by atoms with Gasteiger partial charge in [-0.25, -0.2) is 0 Å². The first-order valence-electron chi connectivity index (χ1n) is 4.79. The SMILES string of the molecule is CCCN(C)c1cc(Cl)nc2ncnn12. The van der Waals surface area contributed by atoms with Crippen molar-refractivity contribution in [3.05, 3.63) is 17.5 Å². The molecule has 0 bridgehead atoms. The Morgan fingerprint density at radius 3 is 3.07 bits per heavy atom. The van der Waals surface area contributed by atoms with E-state index in [1.54, 1.807) is 10.6 Å². The molecule has 6 heteroatoms. The third kappa shape index (κ3) is 1.87. The molecule has 0 aliphatic heterocycles. The maximum Gasteiger partial charge on any atom is 0.255 e. The number of anilines is 1. The highest BCUT2D eigenvalue weighted by atomic mass is 35.5. The maximum absolute atomic E-state index is 5.91. The summed E-state index contributed by atoms with van der Waals surface area (Å²) in [6.07, 6.45) is 2.54. The van der Waals surface area contributed by atoms with Crippen LogP contribution in [0.3, 0.4) is 0 Å². The van der Waals surface area contributed by atoms with Crippen LogP contribution < -0.4 is 4.90 Å². The van der Waals surface area contributed by atoms with Crippen LogP contribution in [0.1, 0.15) is 13.3 Å². The average Bonchev–Trinajstić information content (AvgIpc) is 2.64. The van der Waals surface area contributed by atoms with Crippen molar-refractivity contribution in [3.8, 4) is 0 Å². The van der Waals surface area contributed by atoms with E-state index in [-0.39, 0.29) is 0 Å². The first kappa shape index (κ1) is 10.2. The third-order valence-electron chi connectivity index (χ3n) is 2.15. The van der Waals surface area contributed by atoms with E-state index in [9.17, 15) is 0 Å². The lowest BCUT2D eigenvalue weighted by Gasteiger charge is -2.18. The van der Waals surface area contributed by atoms with Crippen LogP contribution in [0.5, 0.6) is 0 Å². The predicted octanol–water partition coefficient (Wildman–Crippen LogP) is 1.62. The normalized spacial score (nSPS) is 10.9. The van der Waals surface area contributed by atoms with Crippen molar-refractivity contribution in [1.82, 2.24) is 19.6 Å². The zero-order valence-electron chi connectivity index (χ0n) is 8.68. The average molecular weight is 226 g/mol. The van der Waals surface area contributed by atoms with Crippen LogP contribution >= 0.6 is 11.6 Å². The van der Waals surface area contributed by atoms with Gasteiger partial charge in [0.05, 0.1) is 0 Å². The second-order valence-electron chi connectivity index (χ2n) is 3.33. The molecule has 0 radical (unpaired) electrons. The largest absolute Gasteiger partial charge is 0.359 e. The van der Waals surface area contributed by atoms with Crippen LogP contribution in [0.15, 0.2) is 12.4 Å². The summed E-state index contributed by atoms with van der Waals surface area (Å²) in [5.74, 6) is 1.44. The Balaban J connectivity index is 2.52. The van der Waals surface area contributed by atoms with E-state index in [0.717, 1.165) is 18.8 Å². The molecule has 2 aromatic rings. The van der Waals surface area contributed by atoms with E-state index >= 15 is 0 Å². The molecule has 0 saturated carbocycles. The molecule has 2 heterocycles. The molecule has 2 aromatic heterocycles. The number of hydrogen-bond acceptors (Lipinski definition) is 4. The van der Waals surface area contributed by atoms with Crippen molar-refractivity contribution in [1.29, 1.82) is 0 Å². The third-order valence-corrected chi connectivity index (χ3v) is 2.35. The molecular formula is C9H12ClN5. The summed E-state index contributed by atoms with van der Waals surface area (Å²) in [7, 11) is 2.00. The van der Waals surface area contributed by atoms with Crippen molar-refractivity contribution in [2.75, 3.05) is 18.5 Å². The number of hydrogen-bond donors (Lipinski definition) is 0. The van der Waals surface area contributed by atoms with Gasteiger partial charge in [-0.3, -0.25) is 0 Å². The number of aromatic nitrogens is 4. The van der Waals surface area contributed by atoms with E-state index in [0.29, 0.717) is 10.9 Å². The standard InChI is InChI=1S/C9H12ClN5/c1-3-4-14(2)8-5-7(10)13-9-11-6-12-15(8)9/h5-6H,3-4H2,1-2H3. The Labute approximate surface area is 92.7 Å². The van der Waals surface area contributed by atoms with E-state index in [2.05, 4.69) is 26.9 Å². The molecule has 2 rings (SSSR count). The summed E-state index contributed by atoms with van der Waals surface area (Å²) < 4.78 is 1.68. The Bertz CT molecular complexity index is 466. The van der Waals surface area contributed by atoms with Gasteiger partial charge in [-0.1, -0.05) is 18.5 Å². The Morgan fingerprint density at radius 2 is 2.33 bits per heavy atom. The minimum absolute atomic E-state index is 0.438. The summed E-state index contributed by atoms with van der Waals surface area (Å²) in [6.45, 7) is 3.06. The van der Waals surface area contributed by atoms with E-state index < -0.39 is 0 Å². The van der Waals surface area contributed by atoms with Gasteiger partial charge in [-0.15, -0.1) is 0 Å². The van der Waals surface area contributed by atoms with Crippen LogP contribution in [-0.2, 0) is 0 Å². The van der Waals surface area contributed by atoms with Crippen LogP contribution in [0.2, 0.25) is 5.15 Å². The zero-order valence-corrected chi connectivity index (χ0v) is 9.44. The molecule has 0 saturated heterocycles. The fourth-order valence-corrected chi connectivity index (χ4v) is 1.66. The molecule has 0 atom stereocenters. The van der Waals surface area contributed by atoms with Gasteiger partial charge < -0.3 is 4.90 Å². The van der Waals surface area contributed by atoms with Crippen LogP contribution in [0.4, 0.5) is 5.82 Å². The van der Waals surface area contributed by atoms with Crippen LogP contribution in [0.25, 0.3) is 5.78 Å². The number of rotatable bonds is 3. The van der Waals surface area contributed by atoms with Gasteiger partial charge in [0.15, 0.2) is 0 Å². The molecule has 0 fully saturated rings.